The molecule has 5 heteroatoms. The fraction of sp³-hybridized carbons (Fsp3) is 0.462. The number of likely N-dealkylation sites (tertiary alicyclic amines) is 1. The molecule has 1 heterocycles. The molecular weight excluding hydrogens is 230 g/mol. The Morgan fingerprint density at radius 2 is 2.28 bits per heavy atom. The van der Waals surface area contributed by atoms with E-state index in [1.54, 1.807) is 18.2 Å². The van der Waals surface area contributed by atoms with Crippen LogP contribution in [0, 0.1) is 5.41 Å². The van der Waals surface area contributed by atoms with Gasteiger partial charge in [-0.2, -0.15) is 0 Å². The Balaban J connectivity index is 2.08. The standard InChI is InChI=1S/C13H19N3O2/c1-13(12(15)18)4-5-16(8-13)7-9-6-10(14)2-3-11(9)17/h2-3,6,17H,4-5,7-8,14H2,1H3,(H2,15,18). The van der Waals surface area contributed by atoms with Gasteiger partial charge in [-0.1, -0.05) is 0 Å². The Morgan fingerprint density at radius 3 is 2.89 bits per heavy atom. The minimum atomic E-state index is -0.462. The van der Waals surface area contributed by atoms with Gasteiger partial charge in [0.25, 0.3) is 0 Å². The van der Waals surface area contributed by atoms with Crippen LogP contribution >= 0.6 is 0 Å². The van der Waals surface area contributed by atoms with E-state index in [1.807, 2.05) is 6.92 Å². The summed E-state index contributed by atoms with van der Waals surface area (Å²) < 4.78 is 0. The molecule has 0 aromatic heterocycles. The van der Waals surface area contributed by atoms with E-state index in [-0.39, 0.29) is 11.7 Å². The Labute approximate surface area is 106 Å². The summed E-state index contributed by atoms with van der Waals surface area (Å²) in [6, 6.07) is 5.01. The number of hydrogen-bond donors (Lipinski definition) is 3. The van der Waals surface area contributed by atoms with Crippen molar-refractivity contribution >= 4 is 11.6 Å². The van der Waals surface area contributed by atoms with Crippen LogP contribution in [0.25, 0.3) is 0 Å². The lowest BCUT2D eigenvalue weighted by Crippen LogP contribution is -2.36. The Kier molecular flexibility index (Phi) is 3.17. The Bertz CT molecular complexity index is 475. The molecule has 18 heavy (non-hydrogen) atoms. The van der Waals surface area contributed by atoms with Crippen LogP contribution in [0.1, 0.15) is 18.9 Å². The molecular formula is C13H19N3O2. The molecule has 1 saturated heterocycles. The van der Waals surface area contributed by atoms with E-state index in [2.05, 4.69) is 4.90 Å². The molecule has 2 rings (SSSR count). The van der Waals surface area contributed by atoms with Crippen molar-refractivity contribution in [3.05, 3.63) is 23.8 Å². The van der Waals surface area contributed by atoms with Crippen molar-refractivity contribution in [3.63, 3.8) is 0 Å². The van der Waals surface area contributed by atoms with E-state index in [4.69, 9.17) is 11.5 Å². The molecule has 1 unspecified atom stereocenters. The van der Waals surface area contributed by atoms with Gasteiger partial charge in [-0.05, 0) is 38.1 Å². The second-order valence-electron chi connectivity index (χ2n) is 5.27. The molecule has 1 aromatic rings. The molecule has 0 radical (unpaired) electrons. The van der Waals surface area contributed by atoms with Gasteiger partial charge in [0.05, 0.1) is 5.41 Å². The number of rotatable bonds is 3. The molecule has 0 aliphatic carbocycles. The molecule has 1 fully saturated rings. The summed E-state index contributed by atoms with van der Waals surface area (Å²) in [4.78, 5) is 13.5. The zero-order valence-electron chi connectivity index (χ0n) is 10.5. The number of carbonyl (C=O) groups excluding carboxylic acids is 1. The number of nitrogens with two attached hydrogens (primary N) is 2. The van der Waals surface area contributed by atoms with Gasteiger partial charge in [0, 0.05) is 24.3 Å². The lowest BCUT2D eigenvalue weighted by atomic mass is 9.89. The molecule has 1 aliphatic heterocycles. The lowest BCUT2D eigenvalue weighted by molar-refractivity contribution is -0.126. The average Bonchev–Trinajstić information content (AvgIpc) is 2.67. The molecule has 1 aliphatic rings. The number of hydrogen-bond acceptors (Lipinski definition) is 4. The quantitative estimate of drug-likeness (QED) is 0.542. The fourth-order valence-electron chi connectivity index (χ4n) is 2.37. The van der Waals surface area contributed by atoms with Gasteiger partial charge in [0.15, 0.2) is 0 Å². The summed E-state index contributed by atoms with van der Waals surface area (Å²) in [6.45, 7) is 3.89. The first-order chi connectivity index (χ1) is 8.40. The fourth-order valence-corrected chi connectivity index (χ4v) is 2.37. The Hall–Kier alpha value is -1.75. The average molecular weight is 249 g/mol. The molecule has 0 bridgehead atoms. The van der Waals surface area contributed by atoms with Gasteiger partial charge in [-0.3, -0.25) is 9.69 Å². The van der Waals surface area contributed by atoms with Crippen molar-refractivity contribution in [2.75, 3.05) is 18.8 Å². The van der Waals surface area contributed by atoms with Crippen LogP contribution in [-0.4, -0.2) is 29.0 Å². The molecule has 1 aromatic carbocycles. The van der Waals surface area contributed by atoms with Crippen molar-refractivity contribution in [1.29, 1.82) is 0 Å². The van der Waals surface area contributed by atoms with Crippen LogP contribution in [0.4, 0.5) is 5.69 Å². The summed E-state index contributed by atoms with van der Waals surface area (Å²) >= 11 is 0. The molecule has 0 saturated carbocycles. The molecule has 98 valence electrons. The van der Waals surface area contributed by atoms with Crippen molar-refractivity contribution in [2.24, 2.45) is 11.1 Å². The molecule has 5 nitrogen and oxygen atoms in total. The second-order valence-corrected chi connectivity index (χ2v) is 5.27. The van der Waals surface area contributed by atoms with Crippen molar-refractivity contribution in [2.45, 2.75) is 19.9 Å². The normalized spacial score (nSPS) is 24.3. The number of benzene rings is 1. The van der Waals surface area contributed by atoms with Crippen molar-refractivity contribution in [1.82, 2.24) is 4.90 Å². The second kappa shape index (κ2) is 4.49. The van der Waals surface area contributed by atoms with E-state index in [1.165, 1.54) is 0 Å². The van der Waals surface area contributed by atoms with Gasteiger partial charge < -0.3 is 16.6 Å². The summed E-state index contributed by atoms with van der Waals surface area (Å²) in [5, 5.41) is 9.76. The van der Waals surface area contributed by atoms with E-state index in [9.17, 15) is 9.90 Å². The highest BCUT2D eigenvalue weighted by molar-refractivity contribution is 5.81. The van der Waals surface area contributed by atoms with Crippen LogP contribution in [0.15, 0.2) is 18.2 Å². The number of phenolic OH excluding ortho intramolecular Hbond substituents is 1. The molecule has 5 N–H and O–H groups in total. The van der Waals surface area contributed by atoms with Gasteiger partial charge in [-0.25, -0.2) is 0 Å². The van der Waals surface area contributed by atoms with E-state index < -0.39 is 5.41 Å². The summed E-state index contributed by atoms with van der Waals surface area (Å²) in [7, 11) is 0. The predicted octanol–water partition coefficient (Wildman–Crippen LogP) is 0.672. The predicted molar refractivity (Wildman–Crippen MR) is 69.7 cm³/mol. The first-order valence-electron chi connectivity index (χ1n) is 6.00. The van der Waals surface area contributed by atoms with Crippen LogP contribution in [-0.2, 0) is 11.3 Å². The van der Waals surface area contributed by atoms with Gasteiger partial charge >= 0.3 is 0 Å². The van der Waals surface area contributed by atoms with E-state index in [0.29, 0.717) is 18.8 Å². The van der Waals surface area contributed by atoms with Crippen LogP contribution in [0.2, 0.25) is 0 Å². The SMILES string of the molecule is CC1(C(N)=O)CCN(Cc2cc(N)ccc2O)C1. The zero-order chi connectivity index (χ0) is 13.3. The lowest BCUT2D eigenvalue weighted by Gasteiger charge is -2.21. The van der Waals surface area contributed by atoms with Gasteiger partial charge in [0.1, 0.15) is 5.75 Å². The number of carbonyl (C=O) groups is 1. The van der Waals surface area contributed by atoms with Crippen molar-refractivity contribution < 1.29 is 9.90 Å². The highest BCUT2D eigenvalue weighted by Gasteiger charge is 2.38. The number of nitrogens with zero attached hydrogens (tertiary/aromatic N) is 1. The maximum atomic E-state index is 11.4. The maximum absolute atomic E-state index is 11.4. The Morgan fingerprint density at radius 1 is 1.56 bits per heavy atom. The highest BCUT2D eigenvalue weighted by Crippen LogP contribution is 2.31. The topological polar surface area (TPSA) is 92.6 Å². The number of amides is 1. The summed E-state index contributed by atoms with van der Waals surface area (Å²) in [5.74, 6) is -0.0290. The monoisotopic (exact) mass is 249 g/mol. The maximum Gasteiger partial charge on any atom is 0.224 e. The van der Waals surface area contributed by atoms with Crippen LogP contribution < -0.4 is 11.5 Å². The number of phenols is 1. The largest absolute Gasteiger partial charge is 0.508 e. The molecule has 1 atom stereocenters. The summed E-state index contributed by atoms with van der Waals surface area (Å²) in [6.07, 6.45) is 0.755. The zero-order valence-corrected chi connectivity index (χ0v) is 10.5. The molecule has 1 amide bonds. The minimum Gasteiger partial charge on any atom is -0.508 e. The number of aromatic hydroxyl groups is 1. The minimum absolute atomic E-state index is 0.233. The van der Waals surface area contributed by atoms with E-state index in [0.717, 1.165) is 18.5 Å². The smallest absolute Gasteiger partial charge is 0.224 e. The highest BCUT2D eigenvalue weighted by atomic mass is 16.3. The van der Waals surface area contributed by atoms with Crippen LogP contribution in [0.3, 0.4) is 0 Å². The number of anilines is 1. The molecule has 0 spiro atoms. The third-order valence-electron chi connectivity index (χ3n) is 3.64. The number of nitrogen functional groups attached to an aromatic ring is 1. The van der Waals surface area contributed by atoms with Crippen LogP contribution in [0.5, 0.6) is 5.75 Å². The van der Waals surface area contributed by atoms with Gasteiger partial charge in [-0.15, -0.1) is 0 Å². The van der Waals surface area contributed by atoms with Crippen molar-refractivity contribution in [3.8, 4) is 5.75 Å². The first kappa shape index (κ1) is 12.7. The number of primary amides is 1. The van der Waals surface area contributed by atoms with E-state index >= 15 is 0 Å². The summed E-state index contributed by atoms with van der Waals surface area (Å²) in [5.41, 5.74) is 12.0. The first-order valence-corrected chi connectivity index (χ1v) is 6.00. The third-order valence-corrected chi connectivity index (χ3v) is 3.64. The third kappa shape index (κ3) is 2.41. The van der Waals surface area contributed by atoms with Gasteiger partial charge in [0.2, 0.25) is 5.91 Å².